The van der Waals surface area contributed by atoms with Gasteiger partial charge in [-0.25, -0.2) is 0 Å². The second-order valence-electron chi connectivity index (χ2n) is 6.34. The van der Waals surface area contributed by atoms with Crippen molar-refractivity contribution >= 4 is 16.8 Å². The number of aromatic amines is 1. The summed E-state index contributed by atoms with van der Waals surface area (Å²) >= 11 is 0. The summed E-state index contributed by atoms with van der Waals surface area (Å²) in [5, 5.41) is 9.62. The Balaban J connectivity index is 1.55. The molecule has 3 rings (SSSR count). The van der Waals surface area contributed by atoms with Gasteiger partial charge in [0.1, 0.15) is 0 Å². The summed E-state index contributed by atoms with van der Waals surface area (Å²) in [4.78, 5) is 31.5. The summed E-state index contributed by atoms with van der Waals surface area (Å²) in [5.41, 5.74) is 1.35. The van der Waals surface area contributed by atoms with Crippen LogP contribution in [0.1, 0.15) is 18.4 Å². The van der Waals surface area contributed by atoms with Crippen molar-refractivity contribution in [1.82, 2.24) is 14.8 Å². The monoisotopic (exact) mass is 338 g/mol. The Morgan fingerprint density at radius 2 is 1.96 bits per heavy atom. The minimum atomic E-state index is -0.118. The summed E-state index contributed by atoms with van der Waals surface area (Å²) in [6.07, 6.45) is 1.33. The number of H-pyrrole nitrogens is 1. The van der Waals surface area contributed by atoms with Crippen LogP contribution >= 0.6 is 0 Å². The molecule has 1 aliphatic heterocycles. The van der Waals surface area contributed by atoms with E-state index in [1.807, 2.05) is 35.2 Å². The first-order valence-electron chi connectivity index (χ1n) is 8.65. The number of nitriles is 1. The van der Waals surface area contributed by atoms with Crippen LogP contribution in [0, 0.1) is 11.3 Å². The number of aryl methyl sites for hydroxylation is 1. The highest BCUT2D eigenvalue weighted by atomic mass is 16.2. The maximum atomic E-state index is 12.4. The van der Waals surface area contributed by atoms with Gasteiger partial charge in [0.2, 0.25) is 5.91 Å². The lowest BCUT2D eigenvalue weighted by atomic mass is 10.1. The Bertz CT molecular complexity index is 844. The molecule has 130 valence electrons. The molecule has 1 aromatic heterocycles. The van der Waals surface area contributed by atoms with Crippen molar-refractivity contribution in [2.24, 2.45) is 0 Å². The van der Waals surface area contributed by atoms with Crippen LogP contribution in [-0.4, -0.2) is 53.4 Å². The van der Waals surface area contributed by atoms with Gasteiger partial charge in [-0.3, -0.25) is 14.5 Å². The summed E-state index contributed by atoms with van der Waals surface area (Å²) in [6.45, 7) is 3.77. The number of carbonyl (C=O) groups excluding carboxylic acids is 1. The van der Waals surface area contributed by atoms with Crippen LogP contribution in [0.3, 0.4) is 0 Å². The fraction of sp³-hybridized carbons (Fsp3) is 0.421. The number of amides is 1. The van der Waals surface area contributed by atoms with Crippen LogP contribution in [0.15, 0.2) is 35.1 Å². The van der Waals surface area contributed by atoms with E-state index in [1.54, 1.807) is 0 Å². The van der Waals surface area contributed by atoms with Gasteiger partial charge in [0, 0.05) is 56.6 Å². The predicted molar refractivity (Wildman–Crippen MR) is 96.1 cm³/mol. The lowest BCUT2D eigenvalue weighted by Crippen LogP contribution is -2.48. The van der Waals surface area contributed by atoms with Crippen LogP contribution in [-0.2, 0) is 11.2 Å². The molecular formula is C19H22N4O2. The van der Waals surface area contributed by atoms with E-state index in [2.05, 4.69) is 16.0 Å². The fourth-order valence-corrected chi connectivity index (χ4v) is 3.21. The SMILES string of the molecule is N#CCCN1CCN(C(=O)CCc2cc3ccccc3[nH]c2=O)CC1. The molecule has 1 aromatic carbocycles. The maximum absolute atomic E-state index is 12.4. The molecule has 2 aromatic rings. The minimum Gasteiger partial charge on any atom is -0.340 e. The zero-order chi connectivity index (χ0) is 17.6. The highest BCUT2D eigenvalue weighted by Gasteiger charge is 2.20. The third kappa shape index (κ3) is 4.25. The third-order valence-electron chi connectivity index (χ3n) is 4.70. The molecule has 6 heteroatoms. The molecular weight excluding hydrogens is 316 g/mol. The standard InChI is InChI=1S/C19H22N4O2/c20-8-3-9-22-10-12-23(13-11-22)18(24)7-6-16-14-15-4-1-2-5-17(15)21-19(16)25/h1-2,4-5,14H,3,6-7,9-13H2,(H,21,25). The van der Waals surface area contributed by atoms with Gasteiger partial charge < -0.3 is 9.88 Å². The zero-order valence-electron chi connectivity index (χ0n) is 14.2. The Morgan fingerprint density at radius 3 is 2.72 bits per heavy atom. The molecule has 0 spiro atoms. The molecule has 1 aliphatic rings. The van der Waals surface area contributed by atoms with Gasteiger partial charge in [-0.05, 0) is 23.9 Å². The number of hydrogen-bond acceptors (Lipinski definition) is 4. The molecule has 1 N–H and O–H groups in total. The normalized spacial score (nSPS) is 15.2. The summed E-state index contributed by atoms with van der Waals surface area (Å²) in [7, 11) is 0. The molecule has 0 atom stereocenters. The van der Waals surface area contributed by atoms with Crippen molar-refractivity contribution < 1.29 is 4.79 Å². The summed E-state index contributed by atoms with van der Waals surface area (Å²) < 4.78 is 0. The fourth-order valence-electron chi connectivity index (χ4n) is 3.21. The topological polar surface area (TPSA) is 80.2 Å². The average Bonchev–Trinajstić information content (AvgIpc) is 2.64. The average molecular weight is 338 g/mol. The number of carbonyl (C=O) groups is 1. The van der Waals surface area contributed by atoms with E-state index in [-0.39, 0.29) is 11.5 Å². The number of nitrogens with zero attached hydrogens (tertiary/aromatic N) is 3. The number of hydrogen-bond donors (Lipinski definition) is 1. The number of benzene rings is 1. The number of nitrogens with one attached hydrogen (secondary N) is 1. The number of rotatable bonds is 5. The second-order valence-corrected chi connectivity index (χ2v) is 6.34. The van der Waals surface area contributed by atoms with E-state index in [0.717, 1.165) is 30.5 Å². The van der Waals surface area contributed by atoms with Gasteiger partial charge in [-0.15, -0.1) is 0 Å². The van der Waals surface area contributed by atoms with Crippen molar-refractivity contribution in [2.75, 3.05) is 32.7 Å². The number of aromatic nitrogens is 1. The molecule has 2 heterocycles. The molecule has 0 unspecified atom stereocenters. The maximum Gasteiger partial charge on any atom is 0.251 e. The van der Waals surface area contributed by atoms with E-state index < -0.39 is 0 Å². The highest BCUT2D eigenvalue weighted by Crippen LogP contribution is 2.12. The quantitative estimate of drug-likeness (QED) is 0.896. The molecule has 1 fully saturated rings. The lowest BCUT2D eigenvalue weighted by molar-refractivity contribution is -0.132. The van der Waals surface area contributed by atoms with Crippen LogP contribution in [0.2, 0.25) is 0 Å². The van der Waals surface area contributed by atoms with Crippen LogP contribution < -0.4 is 5.56 Å². The molecule has 0 saturated carbocycles. The Morgan fingerprint density at radius 1 is 1.20 bits per heavy atom. The number of fused-ring (bicyclic) bond motifs is 1. The van der Waals surface area contributed by atoms with Gasteiger partial charge in [0.25, 0.3) is 5.56 Å². The molecule has 1 amide bonds. The van der Waals surface area contributed by atoms with E-state index in [0.29, 0.717) is 37.9 Å². The third-order valence-corrected chi connectivity index (χ3v) is 4.70. The van der Waals surface area contributed by atoms with Gasteiger partial charge in [-0.2, -0.15) is 5.26 Å². The Labute approximate surface area is 146 Å². The van der Waals surface area contributed by atoms with Gasteiger partial charge >= 0.3 is 0 Å². The first kappa shape index (κ1) is 17.2. The zero-order valence-corrected chi connectivity index (χ0v) is 14.2. The Hall–Kier alpha value is -2.65. The molecule has 0 radical (unpaired) electrons. The van der Waals surface area contributed by atoms with Crippen LogP contribution in [0.25, 0.3) is 10.9 Å². The smallest absolute Gasteiger partial charge is 0.251 e. The Kier molecular flexibility index (Phi) is 5.46. The first-order valence-corrected chi connectivity index (χ1v) is 8.65. The predicted octanol–water partition coefficient (Wildman–Crippen LogP) is 1.52. The van der Waals surface area contributed by atoms with E-state index >= 15 is 0 Å². The first-order chi connectivity index (χ1) is 12.2. The van der Waals surface area contributed by atoms with Crippen molar-refractivity contribution in [2.45, 2.75) is 19.3 Å². The van der Waals surface area contributed by atoms with E-state index in [9.17, 15) is 9.59 Å². The summed E-state index contributed by atoms with van der Waals surface area (Å²) in [5.74, 6) is 0.0903. The van der Waals surface area contributed by atoms with Crippen LogP contribution in [0.4, 0.5) is 0 Å². The molecule has 25 heavy (non-hydrogen) atoms. The molecule has 0 bridgehead atoms. The molecule has 6 nitrogen and oxygen atoms in total. The van der Waals surface area contributed by atoms with Crippen LogP contribution in [0.5, 0.6) is 0 Å². The number of pyridine rings is 1. The van der Waals surface area contributed by atoms with E-state index in [1.165, 1.54) is 0 Å². The number of piperazine rings is 1. The molecule has 0 aliphatic carbocycles. The molecule has 1 saturated heterocycles. The van der Waals surface area contributed by atoms with Crippen molar-refractivity contribution in [3.63, 3.8) is 0 Å². The van der Waals surface area contributed by atoms with Crippen molar-refractivity contribution in [3.8, 4) is 6.07 Å². The van der Waals surface area contributed by atoms with Gasteiger partial charge in [0.05, 0.1) is 6.07 Å². The van der Waals surface area contributed by atoms with Crippen molar-refractivity contribution in [3.05, 3.63) is 46.2 Å². The lowest BCUT2D eigenvalue weighted by Gasteiger charge is -2.34. The van der Waals surface area contributed by atoms with Gasteiger partial charge in [0.15, 0.2) is 0 Å². The minimum absolute atomic E-state index is 0.0903. The van der Waals surface area contributed by atoms with Gasteiger partial charge in [-0.1, -0.05) is 18.2 Å². The van der Waals surface area contributed by atoms with E-state index in [4.69, 9.17) is 5.26 Å². The highest BCUT2D eigenvalue weighted by molar-refractivity contribution is 5.79. The number of para-hydroxylation sites is 1. The summed E-state index contributed by atoms with van der Waals surface area (Å²) in [6, 6.07) is 11.7. The largest absolute Gasteiger partial charge is 0.340 e. The van der Waals surface area contributed by atoms with Crippen molar-refractivity contribution in [1.29, 1.82) is 5.26 Å². The second kappa shape index (κ2) is 7.95.